The lowest BCUT2D eigenvalue weighted by molar-refractivity contribution is 0.0722. The summed E-state index contributed by atoms with van der Waals surface area (Å²) >= 11 is 0. The molecular formula is C25H36Cl3N3O. The summed E-state index contributed by atoms with van der Waals surface area (Å²) in [4.78, 5) is 7.91. The summed E-state index contributed by atoms with van der Waals surface area (Å²) < 4.78 is 0. The van der Waals surface area contributed by atoms with Gasteiger partial charge in [0.1, 0.15) is 5.75 Å². The number of piperidine rings is 1. The molecule has 0 radical (unpaired) electrons. The number of phenolic OH excluding ortho intramolecular Hbond substituents is 1. The van der Waals surface area contributed by atoms with Crippen molar-refractivity contribution in [3.8, 4) is 5.75 Å². The van der Waals surface area contributed by atoms with Gasteiger partial charge in [-0.2, -0.15) is 0 Å². The molecule has 2 aromatic rings. The Morgan fingerprint density at radius 2 is 1.53 bits per heavy atom. The van der Waals surface area contributed by atoms with Gasteiger partial charge in [0.25, 0.3) is 0 Å². The van der Waals surface area contributed by atoms with Crippen LogP contribution < -0.4 is 4.90 Å². The Kier molecular flexibility index (Phi) is 10.4. The van der Waals surface area contributed by atoms with Gasteiger partial charge in [-0.1, -0.05) is 30.3 Å². The number of aromatic hydroxyl groups is 1. The van der Waals surface area contributed by atoms with Crippen molar-refractivity contribution in [1.82, 2.24) is 9.80 Å². The minimum absolute atomic E-state index is 0. The second kappa shape index (κ2) is 12.3. The number of likely N-dealkylation sites (tertiary alicyclic amines) is 1. The molecule has 2 fully saturated rings. The maximum Gasteiger partial charge on any atom is 0.119 e. The molecule has 32 heavy (non-hydrogen) atoms. The first kappa shape index (κ1) is 27.1. The summed E-state index contributed by atoms with van der Waals surface area (Å²) in [6, 6.07) is 17.6. The van der Waals surface area contributed by atoms with Crippen LogP contribution in [0.5, 0.6) is 5.75 Å². The molecule has 1 N–H and O–H groups in total. The molecule has 3 aliphatic rings. The van der Waals surface area contributed by atoms with Crippen LogP contribution in [0.4, 0.5) is 5.69 Å². The Morgan fingerprint density at radius 1 is 0.781 bits per heavy atom. The zero-order chi connectivity index (χ0) is 19.6. The Morgan fingerprint density at radius 3 is 2.28 bits per heavy atom. The fraction of sp³-hybridized carbons (Fsp3) is 0.520. The van der Waals surface area contributed by atoms with Crippen LogP contribution in [0.1, 0.15) is 24.0 Å². The molecule has 2 aromatic carbocycles. The standard InChI is InChI=1S/C25H33N3O.3ClH/c29-25-10-4-6-20-19-24-21(18-23(20)25)7-5-11-28(24)17-14-26-12-15-27(16-13-26)22-8-2-1-3-9-22;;;/h1-4,6,8-10,21,24,29H,5,7,11-19H2;3*1H/t21-,24-;;;/m0.../s1. The molecule has 0 spiro atoms. The third-order valence-corrected chi connectivity index (χ3v) is 7.37. The second-order valence-electron chi connectivity index (χ2n) is 8.99. The van der Waals surface area contributed by atoms with E-state index in [-0.39, 0.29) is 37.2 Å². The summed E-state index contributed by atoms with van der Waals surface area (Å²) in [6.07, 6.45) is 4.77. The van der Waals surface area contributed by atoms with Gasteiger partial charge in [-0.25, -0.2) is 0 Å². The highest BCUT2D eigenvalue weighted by molar-refractivity contribution is 5.86. The van der Waals surface area contributed by atoms with E-state index in [1.165, 1.54) is 49.3 Å². The van der Waals surface area contributed by atoms with E-state index in [9.17, 15) is 5.11 Å². The van der Waals surface area contributed by atoms with E-state index < -0.39 is 0 Å². The molecule has 2 aliphatic heterocycles. The number of hydrogen-bond donors (Lipinski definition) is 1. The quantitative estimate of drug-likeness (QED) is 0.661. The van der Waals surface area contributed by atoms with Crippen molar-refractivity contribution in [3.63, 3.8) is 0 Å². The lowest BCUT2D eigenvalue weighted by Crippen LogP contribution is -2.53. The van der Waals surface area contributed by atoms with Crippen LogP contribution in [-0.2, 0) is 12.8 Å². The third kappa shape index (κ3) is 5.84. The largest absolute Gasteiger partial charge is 0.508 e. The molecule has 0 bridgehead atoms. The predicted octanol–water partition coefficient (Wildman–Crippen LogP) is 4.66. The van der Waals surface area contributed by atoms with Gasteiger partial charge in [0.15, 0.2) is 0 Å². The Balaban J connectivity index is 0.00000121. The molecule has 4 nitrogen and oxygen atoms in total. The first-order chi connectivity index (χ1) is 14.3. The van der Waals surface area contributed by atoms with Crippen molar-refractivity contribution >= 4 is 42.9 Å². The van der Waals surface area contributed by atoms with Gasteiger partial charge in [-0.3, -0.25) is 9.80 Å². The van der Waals surface area contributed by atoms with Crippen LogP contribution in [0, 0.1) is 5.92 Å². The minimum atomic E-state index is 0. The Labute approximate surface area is 211 Å². The number of rotatable bonds is 4. The number of phenols is 1. The van der Waals surface area contributed by atoms with E-state index in [0.29, 0.717) is 17.7 Å². The second-order valence-corrected chi connectivity index (χ2v) is 8.99. The molecule has 0 saturated carbocycles. The van der Waals surface area contributed by atoms with Crippen LogP contribution >= 0.6 is 37.2 Å². The van der Waals surface area contributed by atoms with Crippen molar-refractivity contribution in [2.45, 2.75) is 31.7 Å². The molecule has 0 unspecified atom stereocenters. The van der Waals surface area contributed by atoms with Gasteiger partial charge >= 0.3 is 0 Å². The maximum absolute atomic E-state index is 10.3. The van der Waals surface area contributed by atoms with Gasteiger partial charge in [-0.05, 0) is 67.5 Å². The number of piperazine rings is 1. The van der Waals surface area contributed by atoms with E-state index in [1.807, 2.05) is 12.1 Å². The summed E-state index contributed by atoms with van der Waals surface area (Å²) in [5, 5.41) is 10.3. The Bertz CT molecular complexity index is 830. The lowest BCUT2D eigenvalue weighted by atomic mass is 9.75. The topological polar surface area (TPSA) is 30.0 Å². The molecule has 0 aromatic heterocycles. The number of fused-ring (bicyclic) bond motifs is 2. The van der Waals surface area contributed by atoms with Gasteiger partial charge < -0.3 is 10.0 Å². The van der Waals surface area contributed by atoms with E-state index in [1.54, 1.807) is 0 Å². The number of nitrogens with zero attached hydrogens (tertiary/aromatic N) is 3. The first-order valence-corrected chi connectivity index (χ1v) is 11.3. The molecule has 2 atom stereocenters. The molecular weight excluding hydrogens is 465 g/mol. The normalized spacial score (nSPS) is 23.1. The lowest BCUT2D eigenvalue weighted by Gasteiger charge is -2.45. The number of hydrogen-bond acceptors (Lipinski definition) is 4. The van der Waals surface area contributed by atoms with Crippen LogP contribution in [0.15, 0.2) is 48.5 Å². The zero-order valence-electron chi connectivity index (χ0n) is 18.6. The van der Waals surface area contributed by atoms with Gasteiger partial charge in [-0.15, -0.1) is 37.2 Å². The molecule has 5 rings (SSSR count). The third-order valence-electron chi connectivity index (χ3n) is 7.37. The van der Waals surface area contributed by atoms with Crippen LogP contribution in [0.3, 0.4) is 0 Å². The van der Waals surface area contributed by atoms with Crippen molar-refractivity contribution in [3.05, 3.63) is 59.7 Å². The van der Waals surface area contributed by atoms with E-state index >= 15 is 0 Å². The molecule has 1 aliphatic carbocycles. The zero-order valence-corrected chi connectivity index (χ0v) is 21.0. The van der Waals surface area contributed by atoms with Gasteiger partial charge in [0.2, 0.25) is 0 Å². The number of benzene rings is 2. The smallest absolute Gasteiger partial charge is 0.119 e. The van der Waals surface area contributed by atoms with E-state index in [0.717, 1.165) is 39.0 Å². The van der Waals surface area contributed by atoms with Gasteiger partial charge in [0, 0.05) is 51.0 Å². The van der Waals surface area contributed by atoms with Crippen LogP contribution in [-0.4, -0.2) is 66.8 Å². The van der Waals surface area contributed by atoms with E-state index in [2.05, 4.69) is 51.1 Å². The monoisotopic (exact) mass is 499 g/mol. The summed E-state index contributed by atoms with van der Waals surface area (Å²) in [6.45, 7) is 8.17. The molecule has 2 saturated heterocycles. The molecule has 2 heterocycles. The molecule has 178 valence electrons. The highest BCUT2D eigenvalue weighted by Gasteiger charge is 2.36. The van der Waals surface area contributed by atoms with Crippen LogP contribution in [0.2, 0.25) is 0 Å². The average Bonchev–Trinajstić information content (AvgIpc) is 2.78. The average molecular weight is 501 g/mol. The van der Waals surface area contributed by atoms with Crippen molar-refractivity contribution < 1.29 is 5.11 Å². The summed E-state index contributed by atoms with van der Waals surface area (Å²) in [5.74, 6) is 1.22. The predicted molar refractivity (Wildman–Crippen MR) is 140 cm³/mol. The van der Waals surface area contributed by atoms with Gasteiger partial charge in [0.05, 0.1) is 0 Å². The Hall–Kier alpha value is -1.17. The fourth-order valence-electron chi connectivity index (χ4n) is 5.70. The highest BCUT2D eigenvalue weighted by atomic mass is 35.5. The SMILES string of the molecule is Cl.Cl.Cl.Oc1cccc2c1C[C@@H]1CCCN(CCN3CCN(c4ccccc4)CC3)[C@H]1C2. The fourth-order valence-corrected chi connectivity index (χ4v) is 5.70. The highest BCUT2D eigenvalue weighted by Crippen LogP contribution is 2.38. The van der Waals surface area contributed by atoms with Crippen molar-refractivity contribution in [2.24, 2.45) is 5.92 Å². The molecule has 0 amide bonds. The van der Waals surface area contributed by atoms with E-state index in [4.69, 9.17) is 0 Å². The summed E-state index contributed by atoms with van der Waals surface area (Å²) in [5.41, 5.74) is 3.94. The number of para-hydroxylation sites is 1. The van der Waals surface area contributed by atoms with Crippen LogP contribution in [0.25, 0.3) is 0 Å². The number of anilines is 1. The number of halogens is 3. The summed E-state index contributed by atoms with van der Waals surface area (Å²) in [7, 11) is 0. The minimum Gasteiger partial charge on any atom is -0.508 e. The maximum atomic E-state index is 10.3. The van der Waals surface area contributed by atoms with Crippen molar-refractivity contribution in [1.29, 1.82) is 0 Å². The molecule has 7 heteroatoms. The van der Waals surface area contributed by atoms with Crippen molar-refractivity contribution in [2.75, 3.05) is 50.7 Å². The first-order valence-electron chi connectivity index (χ1n) is 11.3.